The predicted molar refractivity (Wildman–Crippen MR) is 68.1 cm³/mol. The van der Waals surface area contributed by atoms with Gasteiger partial charge in [0.05, 0.1) is 0 Å². The Balaban J connectivity index is 2.03. The van der Waals surface area contributed by atoms with E-state index in [1.54, 1.807) is 0 Å². The van der Waals surface area contributed by atoms with Crippen molar-refractivity contribution >= 4 is 5.91 Å². The normalized spacial score (nSPS) is 24.6. The van der Waals surface area contributed by atoms with E-state index in [9.17, 15) is 4.79 Å². The Morgan fingerprint density at radius 1 is 1.53 bits per heavy atom. The number of carbonyl (C=O) groups excluding carboxylic acids is 1. The number of nitrogens with zero attached hydrogens (tertiary/aromatic N) is 1. The van der Waals surface area contributed by atoms with E-state index in [-0.39, 0.29) is 5.91 Å². The number of aryl methyl sites for hydroxylation is 1. The standard InChI is InChI=1S/C13H21N3O/c1-9-8-14-7-6-11(9)15-13(17)12-5-4-10(2)16(12)3/h4-5,9,11,14H,6-8H2,1-3H3,(H,15,17). The average Bonchev–Trinajstić information content (AvgIpc) is 2.63. The lowest BCUT2D eigenvalue weighted by molar-refractivity contribution is 0.0905. The first-order valence-electron chi connectivity index (χ1n) is 6.23. The highest BCUT2D eigenvalue weighted by Gasteiger charge is 2.23. The maximum Gasteiger partial charge on any atom is 0.268 e. The van der Waals surface area contributed by atoms with Crippen molar-refractivity contribution in [3.63, 3.8) is 0 Å². The molecule has 2 heterocycles. The number of rotatable bonds is 2. The van der Waals surface area contributed by atoms with Gasteiger partial charge in [-0.15, -0.1) is 0 Å². The van der Waals surface area contributed by atoms with Crippen LogP contribution in [0, 0.1) is 12.8 Å². The molecule has 1 saturated heterocycles. The second-order valence-corrected chi connectivity index (χ2v) is 4.97. The van der Waals surface area contributed by atoms with E-state index >= 15 is 0 Å². The van der Waals surface area contributed by atoms with Gasteiger partial charge in [-0.05, 0) is 44.5 Å². The fourth-order valence-electron chi connectivity index (χ4n) is 2.31. The third-order valence-corrected chi connectivity index (χ3v) is 3.71. The lowest BCUT2D eigenvalue weighted by Gasteiger charge is -2.30. The Labute approximate surface area is 102 Å². The molecule has 0 saturated carbocycles. The molecular formula is C13H21N3O. The van der Waals surface area contributed by atoms with Crippen LogP contribution in [0.2, 0.25) is 0 Å². The number of nitrogens with one attached hydrogen (secondary N) is 2. The number of aromatic nitrogens is 1. The van der Waals surface area contributed by atoms with Crippen molar-refractivity contribution in [2.24, 2.45) is 13.0 Å². The Hall–Kier alpha value is -1.29. The number of hydrogen-bond acceptors (Lipinski definition) is 2. The van der Waals surface area contributed by atoms with Crippen LogP contribution >= 0.6 is 0 Å². The molecule has 4 nitrogen and oxygen atoms in total. The molecule has 94 valence electrons. The molecule has 1 aliphatic heterocycles. The minimum absolute atomic E-state index is 0.0411. The molecule has 1 aromatic heterocycles. The van der Waals surface area contributed by atoms with Crippen LogP contribution in [0.1, 0.15) is 29.5 Å². The molecule has 2 atom stereocenters. The first kappa shape index (κ1) is 12.2. The second kappa shape index (κ2) is 4.92. The van der Waals surface area contributed by atoms with E-state index in [2.05, 4.69) is 17.6 Å². The molecule has 0 aliphatic carbocycles. The topological polar surface area (TPSA) is 46.1 Å². The maximum atomic E-state index is 12.1. The Morgan fingerprint density at radius 3 is 2.88 bits per heavy atom. The summed E-state index contributed by atoms with van der Waals surface area (Å²) >= 11 is 0. The van der Waals surface area contributed by atoms with Crippen LogP contribution in [0.5, 0.6) is 0 Å². The van der Waals surface area contributed by atoms with E-state index < -0.39 is 0 Å². The molecule has 2 rings (SSSR count). The molecular weight excluding hydrogens is 214 g/mol. The third-order valence-electron chi connectivity index (χ3n) is 3.71. The van der Waals surface area contributed by atoms with Gasteiger partial charge in [0.1, 0.15) is 5.69 Å². The maximum absolute atomic E-state index is 12.1. The number of hydrogen-bond donors (Lipinski definition) is 2. The summed E-state index contributed by atoms with van der Waals surface area (Å²) in [6, 6.07) is 4.15. The van der Waals surface area contributed by atoms with Crippen molar-refractivity contribution in [2.45, 2.75) is 26.3 Å². The number of piperidine rings is 1. The second-order valence-electron chi connectivity index (χ2n) is 4.97. The summed E-state index contributed by atoms with van der Waals surface area (Å²) in [7, 11) is 1.93. The largest absolute Gasteiger partial charge is 0.348 e. The molecule has 0 bridgehead atoms. The molecule has 0 aromatic carbocycles. The highest BCUT2D eigenvalue weighted by molar-refractivity contribution is 5.93. The minimum atomic E-state index is 0.0411. The average molecular weight is 235 g/mol. The van der Waals surface area contributed by atoms with Gasteiger partial charge in [0.25, 0.3) is 5.91 Å². The molecule has 17 heavy (non-hydrogen) atoms. The molecule has 1 aliphatic rings. The summed E-state index contributed by atoms with van der Waals surface area (Å²) in [5.41, 5.74) is 1.85. The van der Waals surface area contributed by atoms with Gasteiger partial charge >= 0.3 is 0 Å². The zero-order valence-corrected chi connectivity index (χ0v) is 10.8. The lowest BCUT2D eigenvalue weighted by atomic mass is 9.95. The molecule has 0 radical (unpaired) electrons. The van der Waals surface area contributed by atoms with Crippen molar-refractivity contribution < 1.29 is 4.79 Å². The van der Waals surface area contributed by atoms with Gasteiger partial charge in [-0.25, -0.2) is 0 Å². The number of amides is 1. The van der Waals surface area contributed by atoms with Crippen molar-refractivity contribution in [2.75, 3.05) is 13.1 Å². The van der Waals surface area contributed by atoms with E-state index in [0.717, 1.165) is 30.9 Å². The van der Waals surface area contributed by atoms with Gasteiger partial charge in [0.15, 0.2) is 0 Å². The third kappa shape index (κ3) is 2.52. The van der Waals surface area contributed by atoms with E-state index in [0.29, 0.717) is 12.0 Å². The Morgan fingerprint density at radius 2 is 2.29 bits per heavy atom. The Bertz CT molecular complexity index is 411. The van der Waals surface area contributed by atoms with Crippen LogP contribution < -0.4 is 10.6 Å². The van der Waals surface area contributed by atoms with Gasteiger partial charge < -0.3 is 15.2 Å². The molecule has 2 unspecified atom stereocenters. The van der Waals surface area contributed by atoms with Crippen molar-refractivity contribution in [3.8, 4) is 0 Å². The van der Waals surface area contributed by atoms with E-state index in [4.69, 9.17) is 0 Å². The van der Waals surface area contributed by atoms with Gasteiger partial charge in [-0.3, -0.25) is 4.79 Å². The van der Waals surface area contributed by atoms with Gasteiger partial charge in [0.2, 0.25) is 0 Å². The zero-order valence-electron chi connectivity index (χ0n) is 10.8. The van der Waals surface area contributed by atoms with Gasteiger partial charge in [-0.1, -0.05) is 6.92 Å². The van der Waals surface area contributed by atoms with E-state index in [1.165, 1.54) is 0 Å². The smallest absolute Gasteiger partial charge is 0.268 e. The summed E-state index contributed by atoms with van der Waals surface area (Å²) in [6.45, 7) is 6.15. The van der Waals surface area contributed by atoms with Gasteiger partial charge in [0, 0.05) is 18.8 Å². The summed E-state index contributed by atoms with van der Waals surface area (Å²) in [6.07, 6.45) is 1.01. The van der Waals surface area contributed by atoms with Crippen molar-refractivity contribution in [3.05, 3.63) is 23.5 Å². The van der Waals surface area contributed by atoms with Crippen molar-refractivity contribution in [1.29, 1.82) is 0 Å². The molecule has 2 N–H and O–H groups in total. The molecule has 1 aromatic rings. The molecule has 1 fully saturated rings. The van der Waals surface area contributed by atoms with Crippen LogP contribution in [0.15, 0.2) is 12.1 Å². The highest BCUT2D eigenvalue weighted by atomic mass is 16.2. The fourth-order valence-corrected chi connectivity index (χ4v) is 2.31. The molecule has 4 heteroatoms. The monoisotopic (exact) mass is 235 g/mol. The van der Waals surface area contributed by atoms with Crippen molar-refractivity contribution in [1.82, 2.24) is 15.2 Å². The fraction of sp³-hybridized carbons (Fsp3) is 0.615. The summed E-state index contributed by atoms with van der Waals surface area (Å²) in [5.74, 6) is 0.536. The van der Waals surface area contributed by atoms with E-state index in [1.807, 2.05) is 30.7 Å². The SMILES string of the molecule is Cc1ccc(C(=O)NC2CCNCC2C)n1C. The Kier molecular flexibility index (Phi) is 3.52. The van der Waals surface area contributed by atoms with Crippen LogP contribution in [-0.2, 0) is 7.05 Å². The molecule has 0 spiro atoms. The minimum Gasteiger partial charge on any atom is -0.348 e. The first-order chi connectivity index (χ1) is 8.09. The summed E-state index contributed by atoms with van der Waals surface area (Å²) in [5, 5.41) is 6.48. The summed E-state index contributed by atoms with van der Waals surface area (Å²) in [4.78, 5) is 12.1. The van der Waals surface area contributed by atoms with Crippen LogP contribution in [-0.4, -0.2) is 29.6 Å². The quantitative estimate of drug-likeness (QED) is 0.805. The zero-order chi connectivity index (χ0) is 12.4. The lowest BCUT2D eigenvalue weighted by Crippen LogP contribution is -2.48. The van der Waals surface area contributed by atoms with Crippen LogP contribution in [0.4, 0.5) is 0 Å². The van der Waals surface area contributed by atoms with Crippen LogP contribution in [0.25, 0.3) is 0 Å². The van der Waals surface area contributed by atoms with Crippen LogP contribution in [0.3, 0.4) is 0 Å². The van der Waals surface area contributed by atoms with Gasteiger partial charge in [-0.2, -0.15) is 0 Å². The molecule has 1 amide bonds. The highest BCUT2D eigenvalue weighted by Crippen LogP contribution is 2.12. The number of carbonyl (C=O) groups is 1. The predicted octanol–water partition coefficient (Wildman–Crippen LogP) is 1.06. The first-order valence-corrected chi connectivity index (χ1v) is 6.23. The summed E-state index contributed by atoms with van der Waals surface area (Å²) < 4.78 is 1.93.